The third-order valence-corrected chi connectivity index (χ3v) is 2.18. The quantitative estimate of drug-likeness (QED) is 0.720. The third-order valence-electron chi connectivity index (χ3n) is 2.18. The van der Waals surface area contributed by atoms with Crippen molar-refractivity contribution in [2.45, 2.75) is 32.7 Å². The molecule has 1 unspecified atom stereocenters. The van der Waals surface area contributed by atoms with E-state index >= 15 is 0 Å². The summed E-state index contributed by atoms with van der Waals surface area (Å²) in [6.45, 7) is 4.56. The fourth-order valence-corrected chi connectivity index (χ4v) is 1.42. The van der Waals surface area contributed by atoms with Gasteiger partial charge in [-0.3, -0.25) is 9.59 Å². The van der Waals surface area contributed by atoms with Gasteiger partial charge in [-0.25, -0.2) is 0 Å². The summed E-state index contributed by atoms with van der Waals surface area (Å²) in [6.07, 6.45) is 4.49. The van der Waals surface area contributed by atoms with Gasteiger partial charge in [-0.15, -0.1) is 0 Å². The number of nitrogens with one attached hydrogen (secondary N) is 1. The van der Waals surface area contributed by atoms with E-state index in [1.165, 1.54) is 6.08 Å². The standard InChI is InChI=1S/C10H16N2O2/c1-3-6-12-7-5-9(13)11-8(4-2)10(12)14/h5,7-8H,3-4,6H2,1-2H3,(H,11,13). The Bertz CT molecular complexity index is 261. The lowest BCUT2D eigenvalue weighted by Gasteiger charge is -2.20. The molecule has 0 aliphatic carbocycles. The summed E-state index contributed by atoms with van der Waals surface area (Å²) >= 11 is 0. The number of carbonyl (C=O) groups excluding carboxylic acids is 2. The summed E-state index contributed by atoms with van der Waals surface area (Å²) in [5, 5.41) is 2.65. The van der Waals surface area contributed by atoms with Gasteiger partial charge in [-0.2, -0.15) is 0 Å². The number of hydrogen-bond donors (Lipinski definition) is 1. The van der Waals surface area contributed by atoms with Crippen molar-refractivity contribution in [3.8, 4) is 0 Å². The monoisotopic (exact) mass is 196 g/mol. The van der Waals surface area contributed by atoms with E-state index in [2.05, 4.69) is 5.32 Å². The predicted molar refractivity (Wildman–Crippen MR) is 53.4 cm³/mol. The van der Waals surface area contributed by atoms with Crippen molar-refractivity contribution in [3.63, 3.8) is 0 Å². The lowest BCUT2D eigenvalue weighted by molar-refractivity contribution is -0.132. The Morgan fingerprint density at radius 3 is 2.71 bits per heavy atom. The van der Waals surface area contributed by atoms with Crippen LogP contribution in [0.15, 0.2) is 12.3 Å². The summed E-state index contributed by atoms with van der Waals surface area (Å²) in [7, 11) is 0. The first-order valence-corrected chi connectivity index (χ1v) is 4.98. The highest BCUT2D eigenvalue weighted by Gasteiger charge is 2.24. The highest BCUT2D eigenvalue weighted by atomic mass is 16.2. The van der Waals surface area contributed by atoms with Gasteiger partial charge in [0.1, 0.15) is 6.04 Å². The van der Waals surface area contributed by atoms with E-state index in [1.807, 2.05) is 13.8 Å². The zero-order valence-electron chi connectivity index (χ0n) is 8.62. The molecule has 0 saturated carbocycles. The Labute approximate surface area is 84.0 Å². The van der Waals surface area contributed by atoms with Gasteiger partial charge >= 0.3 is 0 Å². The average Bonchev–Trinajstić information content (AvgIpc) is 2.31. The summed E-state index contributed by atoms with van der Waals surface area (Å²) < 4.78 is 0. The van der Waals surface area contributed by atoms with Crippen LogP contribution in [0.1, 0.15) is 26.7 Å². The van der Waals surface area contributed by atoms with E-state index in [0.717, 1.165) is 6.42 Å². The van der Waals surface area contributed by atoms with Gasteiger partial charge in [0, 0.05) is 18.8 Å². The van der Waals surface area contributed by atoms with Gasteiger partial charge in [-0.05, 0) is 12.8 Å². The molecule has 1 rings (SSSR count). The summed E-state index contributed by atoms with van der Waals surface area (Å²) in [5.74, 6) is -0.208. The van der Waals surface area contributed by atoms with Crippen LogP contribution in [0.3, 0.4) is 0 Å². The molecule has 0 aromatic carbocycles. The topological polar surface area (TPSA) is 49.4 Å². The Morgan fingerprint density at radius 1 is 1.43 bits per heavy atom. The zero-order valence-corrected chi connectivity index (χ0v) is 8.62. The van der Waals surface area contributed by atoms with Crippen molar-refractivity contribution in [2.24, 2.45) is 0 Å². The molecule has 0 bridgehead atoms. The smallest absolute Gasteiger partial charge is 0.249 e. The molecule has 4 nitrogen and oxygen atoms in total. The molecular formula is C10H16N2O2. The molecule has 0 radical (unpaired) electrons. The van der Waals surface area contributed by atoms with Crippen LogP contribution in [0.25, 0.3) is 0 Å². The first-order valence-electron chi connectivity index (χ1n) is 4.98. The predicted octanol–water partition coefficient (Wildman–Crippen LogP) is 0.647. The molecular weight excluding hydrogens is 180 g/mol. The molecule has 1 heterocycles. The molecule has 4 heteroatoms. The minimum atomic E-state index is -0.371. The van der Waals surface area contributed by atoms with Crippen LogP contribution in [0.2, 0.25) is 0 Å². The van der Waals surface area contributed by atoms with Crippen molar-refractivity contribution in [1.29, 1.82) is 0 Å². The molecule has 14 heavy (non-hydrogen) atoms. The van der Waals surface area contributed by atoms with E-state index in [1.54, 1.807) is 11.1 Å². The second kappa shape index (κ2) is 4.79. The second-order valence-corrected chi connectivity index (χ2v) is 3.32. The Kier molecular flexibility index (Phi) is 3.68. The molecule has 2 amide bonds. The van der Waals surface area contributed by atoms with Crippen molar-refractivity contribution in [3.05, 3.63) is 12.3 Å². The fraction of sp³-hybridized carbons (Fsp3) is 0.600. The zero-order chi connectivity index (χ0) is 10.6. The van der Waals surface area contributed by atoms with Crippen molar-refractivity contribution in [2.75, 3.05) is 6.54 Å². The minimum absolute atomic E-state index is 0.0172. The van der Waals surface area contributed by atoms with E-state index in [4.69, 9.17) is 0 Å². The van der Waals surface area contributed by atoms with Gasteiger partial charge in [0.15, 0.2) is 0 Å². The van der Waals surface area contributed by atoms with Gasteiger partial charge in [-0.1, -0.05) is 13.8 Å². The van der Waals surface area contributed by atoms with Crippen molar-refractivity contribution >= 4 is 11.8 Å². The maximum atomic E-state index is 11.8. The Balaban J connectivity index is 2.78. The first-order chi connectivity index (χ1) is 6.69. The molecule has 78 valence electrons. The fourth-order valence-electron chi connectivity index (χ4n) is 1.42. The lowest BCUT2D eigenvalue weighted by atomic mass is 10.2. The van der Waals surface area contributed by atoms with Gasteiger partial charge in [0.05, 0.1) is 0 Å². The van der Waals surface area contributed by atoms with Gasteiger partial charge in [0.2, 0.25) is 11.8 Å². The summed E-state index contributed by atoms with van der Waals surface area (Å²) in [5.41, 5.74) is 0. The maximum Gasteiger partial charge on any atom is 0.249 e. The van der Waals surface area contributed by atoms with Crippen molar-refractivity contribution in [1.82, 2.24) is 10.2 Å². The first kappa shape index (κ1) is 10.8. The van der Waals surface area contributed by atoms with Crippen LogP contribution >= 0.6 is 0 Å². The van der Waals surface area contributed by atoms with Crippen LogP contribution < -0.4 is 5.32 Å². The molecule has 1 aliphatic rings. The van der Waals surface area contributed by atoms with E-state index < -0.39 is 0 Å². The van der Waals surface area contributed by atoms with Gasteiger partial charge in [0.25, 0.3) is 0 Å². The molecule has 0 spiro atoms. The van der Waals surface area contributed by atoms with Gasteiger partial charge < -0.3 is 10.2 Å². The molecule has 1 aliphatic heterocycles. The van der Waals surface area contributed by atoms with Crippen LogP contribution in [0.4, 0.5) is 0 Å². The van der Waals surface area contributed by atoms with Crippen LogP contribution in [0, 0.1) is 0 Å². The van der Waals surface area contributed by atoms with Crippen molar-refractivity contribution < 1.29 is 9.59 Å². The highest BCUT2D eigenvalue weighted by Crippen LogP contribution is 2.05. The normalized spacial score (nSPS) is 22.1. The number of hydrogen-bond acceptors (Lipinski definition) is 2. The molecule has 0 aromatic rings. The third kappa shape index (κ3) is 2.34. The van der Waals surface area contributed by atoms with Crippen LogP contribution in [-0.2, 0) is 9.59 Å². The number of amides is 2. The molecule has 1 N–H and O–H groups in total. The number of rotatable bonds is 3. The largest absolute Gasteiger partial charge is 0.341 e. The average molecular weight is 196 g/mol. The Hall–Kier alpha value is -1.32. The molecule has 0 aromatic heterocycles. The number of nitrogens with zero attached hydrogens (tertiary/aromatic N) is 1. The maximum absolute atomic E-state index is 11.8. The second-order valence-electron chi connectivity index (χ2n) is 3.32. The number of carbonyl (C=O) groups is 2. The SMILES string of the molecule is CCCN1C=CC(=O)NC(CC)C1=O. The molecule has 0 fully saturated rings. The Morgan fingerprint density at radius 2 is 2.14 bits per heavy atom. The molecule has 0 saturated heterocycles. The lowest BCUT2D eigenvalue weighted by Crippen LogP contribution is -2.44. The van der Waals surface area contributed by atoms with E-state index in [0.29, 0.717) is 13.0 Å². The minimum Gasteiger partial charge on any atom is -0.341 e. The van der Waals surface area contributed by atoms with E-state index in [-0.39, 0.29) is 17.9 Å². The van der Waals surface area contributed by atoms with Crippen LogP contribution in [-0.4, -0.2) is 29.3 Å². The van der Waals surface area contributed by atoms with Crippen LogP contribution in [0.5, 0.6) is 0 Å². The molecule has 1 atom stereocenters. The van der Waals surface area contributed by atoms with E-state index in [9.17, 15) is 9.59 Å². The summed E-state index contributed by atoms with van der Waals surface area (Å²) in [4.78, 5) is 24.5. The summed E-state index contributed by atoms with van der Waals surface area (Å²) in [6, 6.07) is -0.371. The highest BCUT2D eigenvalue weighted by molar-refractivity contribution is 5.95.